The molecule has 1 aromatic rings. The van der Waals surface area contributed by atoms with Crippen molar-refractivity contribution in [1.29, 1.82) is 0 Å². The molecule has 0 spiro atoms. The van der Waals surface area contributed by atoms with Crippen molar-refractivity contribution in [2.24, 2.45) is 0 Å². The summed E-state index contributed by atoms with van der Waals surface area (Å²) >= 11 is 5.47. The van der Waals surface area contributed by atoms with Gasteiger partial charge in [0.2, 0.25) is 0 Å². The van der Waals surface area contributed by atoms with Gasteiger partial charge in [-0.3, -0.25) is 0 Å². The van der Waals surface area contributed by atoms with Gasteiger partial charge in [-0.1, -0.05) is 0 Å². The molecule has 0 atom stereocenters. The van der Waals surface area contributed by atoms with Crippen LogP contribution in [0.4, 0.5) is 4.39 Å². The van der Waals surface area contributed by atoms with Gasteiger partial charge in [0.1, 0.15) is 0 Å². The molecule has 0 radical (unpaired) electrons. The highest BCUT2D eigenvalue weighted by molar-refractivity contribution is 6.17. The molecule has 5 heteroatoms. The van der Waals surface area contributed by atoms with Crippen LogP contribution in [0, 0.1) is 5.82 Å². The van der Waals surface area contributed by atoms with Crippen LogP contribution in [0.3, 0.4) is 0 Å². The predicted molar refractivity (Wildman–Crippen MR) is 63.2 cm³/mol. The second kappa shape index (κ2) is 7.12. The molecule has 0 N–H and O–H groups in total. The monoisotopic (exact) mass is 260 g/mol. The standard InChI is InChI=1S/C12H14ClFO3/c1-2-16-12(15)9-4-5-11(10(14)8-9)17-7-3-6-13/h4-5,8H,2-3,6-7H2,1H3. The predicted octanol–water partition coefficient (Wildman–Crippen LogP) is 3.01. The molecule has 0 unspecified atom stereocenters. The lowest BCUT2D eigenvalue weighted by Crippen LogP contribution is -2.06. The lowest BCUT2D eigenvalue weighted by atomic mass is 10.2. The molecule has 0 amide bonds. The third kappa shape index (κ3) is 4.23. The van der Waals surface area contributed by atoms with E-state index >= 15 is 0 Å². The Morgan fingerprint density at radius 3 is 2.82 bits per heavy atom. The number of ether oxygens (including phenoxy) is 2. The zero-order valence-electron chi connectivity index (χ0n) is 9.54. The van der Waals surface area contributed by atoms with Gasteiger partial charge in [0.25, 0.3) is 0 Å². The van der Waals surface area contributed by atoms with E-state index in [1.54, 1.807) is 6.92 Å². The van der Waals surface area contributed by atoms with E-state index in [0.29, 0.717) is 18.9 Å². The molecule has 0 saturated heterocycles. The van der Waals surface area contributed by atoms with Gasteiger partial charge in [-0.2, -0.15) is 0 Å². The van der Waals surface area contributed by atoms with Gasteiger partial charge in [-0.05, 0) is 31.5 Å². The number of rotatable bonds is 6. The average Bonchev–Trinajstić information content (AvgIpc) is 2.31. The Hall–Kier alpha value is -1.29. The Labute approximate surface area is 104 Å². The number of alkyl halides is 1. The summed E-state index contributed by atoms with van der Waals surface area (Å²) in [6, 6.07) is 3.99. The molecule has 0 bridgehead atoms. The summed E-state index contributed by atoms with van der Waals surface area (Å²) in [6.45, 7) is 2.30. The number of carbonyl (C=O) groups is 1. The van der Waals surface area contributed by atoms with E-state index < -0.39 is 11.8 Å². The summed E-state index contributed by atoms with van der Waals surface area (Å²) < 4.78 is 23.4. The molecule has 0 aromatic heterocycles. The van der Waals surface area contributed by atoms with Gasteiger partial charge in [0, 0.05) is 5.88 Å². The molecule has 0 aliphatic carbocycles. The SMILES string of the molecule is CCOC(=O)c1ccc(OCCCCl)c(F)c1. The largest absolute Gasteiger partial charge is 0.490 e. The normalized spacial score (nSPS) is 10.1. The molecule has 0 saturated carbocycles. The Morgan fingerprint density at radius 1 is 1.47 bits per heavy atom. The second-order valence-corrected chi connectivity index (χ2v) is 3.63. The molecule has 0 heterocycles. The highest BCUT2D eigenvalue weighted by Crippen LogP contribution is 2.19. The van der Waals surface area contributed by atoms with E-state index in [2.05, 4.69) is 0 Å². The minimum atomic E-state index is -0.579. The van der Waals surface area contributed by atoms with Crippen molar-refractivity contribution in [1.82, 2.24) is 0 Å². The van der Waals surface area contributed by atoms with E-state index in [1.807, 2.05) is 0 Å². The number of carbonyl (C=O) groups excluding carboxylic acids is 1. The van der Waals surface area contributed by atoms with Crippen LogP contribution in [0.1, 0.15) is 23.7 Å². The van der Waals surface area contributed by atoms with Crippen LogP contribution < -0.4 is 4.74 Å². The quantitative estimate of drug-likeness (QED) is 0.448. The number of hydrogen-bond donors (Lipinski definition) is 0. The summed E-state index contributed by atoms with van der Waals surface area (Å²) in [5.41, 5.74) is 0.175. The van der Waals surface area contributed by atoms with Crippen LogP contribution in [-0.4, -0.2) is 25.1 Å². The van der Waals surface area contributed by atoms with Gasteiger partial charge in [-0.15, -0.1) is 11.6 Å². The average molecular weight is 261 g/mol. The lowest BCUT2D eigenvalue weighted by Gasteiger charge is -2.07. The molecule has 0 aliphatic heterocycles. The topological polar surface area (TPSA) is 35.5 Å². The van der Waals surface area contributed by atoms with Gasteiger partial charge < -0.3 is 9.47 Å². The molecular weight excluding hydrogens is 247 g/mol. The zero-order valence-corrected chi connectivity index (χ0v) is 10.3. The van der Waals surface area contributed by atoms with Gasteiger partial charge >= 0.3 is 5.97 Å². The van der Waals surface area contributed by atoms with Gasteiger partial charge in [0.05, 0.1) is 18.8 Å². The molecule has 1 aromatic carbocycles. The number of halogens is 2. The van der Waals surface area contributed by atoms with Crippen LogP contribution in [-0.2, 0) is 4.74 Å². The highest BCUT2D eigenvalue weighted by Gasteiger charge is 2.10. The van der Waals surface area contributed by atoms with Crippen molar-refractivity contribution in [2.75, 3.05) is 19.1 Å². The summed E-state index contributed by atoms with van der Waals surface area (Å²) in [5.74, 6) is -0.547. The number of benzene rings is 1. The third-order valence-electron chi connectivity index (χ3n) is 1.98. The molecular formula is C12H14ClFO3. The molecule has 94 valence electrons. The van der Waals surface area contributed by atoms with Crippen LogP contribution in [0.15, 0.2) is 18.2 Å². The highest BCUT2D eigenvalue weighted by atomic mass is 35.5. The molecule has 0 aliphatic rings. The molecule has 3 nitrogen and oxygen atoms in total. The van der Waals surface area contributed by atoms with E-state index in [9.17, 15) is 9.18 Å². The van der Waals surface area contributed by atoms with Crippen molar-refractivity contribution < 1.29 is 18.7 Å². The van der Waals surface area contributed by atoms with E-state index in [1.165, 1.54) is 12.1 Å². The fourth-order valence-electron chi connectivity index (χ4n) is 1.20. The summed E-state index contributed by atoms with van der Waals surface area (Å²) in [4.78, 5) is 11.3. The molecule has 1 rings (SSSR count). The van der Waals surface area contributed by atoms with Gasteiger partial charge in [-0.25, -0.2) is 9.18 Å². The smallest absolute Gasteiger partial charge is 0.338 e. The third-order valence-corrected chi connectivity index (χ3v) is 2.25. The minimum absolute atomic E-state index is 0.114. The molecule has 17 heavy (non-hydrogen) atoms. The summed E-state index contributed by atoms with van der Waals surface area (Å²) in [7, 11) is 0. The Morgan fingerprint density at radius 2 is 2.24 bits per heavy atom. The second-order valence-electron chi connectivity index (χ2n) is 3.26. The van der Waals surface area contributed by atoms with Crippen LogP contribution in [0.5, 0.6) is 5.75 Å². The van der Waals surface area contributed by atoms with Crippen molar-refractivity contribution in [2.45, 2.75) is 13.3 Å². The van der Waals surface area contributed by atoms with Crippen LogP contribution >= 0.6 is 11.6 Å². The van der Waals surface area contributed by atoms with E-state index in [0.717, 1.165) is 6.07 Å². The Bertz CT molecular complexity index is 382. The van der Waals surface area contributed by atoms with Crippen molar-refractivity contribution in [3.63, 3.8) is 0 Å². The zero-order chi connectivity index (χ0) is 12.7. The van der Waals surface area contributed by atoms with Crippen molar-refractivity contribution in [3.8, 4) is 5.75 Å². The maximum atomic E-state index is 13.5. The Balaban J connectivity index is 2.68. The minimum Gasteiger partial charge on any atom is -0.490 e. The van der Waals surface area contributed by atoms with Gasteiger partial charge in [0.15, 0.2) is 11.6 Å². The first-order chi connectivity index (χ1) is 8.19. The number of esters is 1. The van der Waals surface area contributed by atoms with Crippen LogP contribution in [0.2, 0.25) is 0 Å². The van der Waals surface area contributed by atoms with E-state index in [4.69, 9.17) is 21.1 Å². The van der Waals surface area contributed by atoms with Crippen LogP contribution in [0.25, 0.3) is 0 Å². The maximum absolute atomic E-state index is 13.5. The number of hydrogen-bond acceptors (Lipinski definition) is 3. The summed E-state index contributed by atoms with van der Waals surface area (Å²) in [6.07, 6.45) is 0.640. The first-order valence-corrected chi connectivity index (χ1v) is 5.88. The lowest BCUT2D eigenvalue weighted by molar-refractivity contribution is 0.0525. The first-order valence-electron chi connectivity index (χ1n) is 5.34. The Kier molecular flexibility index (Phi) is 5.77. The van der Waals surface area contributed by atoms with Crippen molar-refractivity contribution >= 4 is 17.6 Å². The maximum Gasteiger partial charge on any atom is 0.338 e. The fraction of sp³-hybridized carbons (Fsp3) is 0.417. The van der Waals surface area contributed by atoms with E-state index in [-0.39, 0.29) is 17.9 Å². The molecule has 0 fully saturated rings. The fourth-order valence-corrected chi connectivity index (χ4v) is 1.31. The van der Waals surface area contributed by atoms with Crippen molar-refractivity contribution in [3.05, 3.63) is 29.6 Å². The first kappa shape index (κ1) is 13.8. The summed E-state index contributed by atoms with van der Waals surface area (Å²) in [5, 5.41) is 0.